The molecule has 0 fully saturated rings. The van der Waals surface area contributed by atoms with Crippen molar-refractivity contribution < 1.29 is 0 Å². The van der Waals surface area contributed by atoms with Gasteiger partial charge in [-0.3, -0.25) is 0 Å². The van der Waals surface area contributed by atoms with E-state index in [0.717, 1.165) is 23.3 Å². The lowest BCUT2D eigenvalue weighted by Crippen LogP contribution is -2.06. The summed E-state index contributed by atoms with van der Waals surface area (Å²) in [4.78, 5) is 8.94. The molecule has 0 aromatic carbocycles. The van der Waals surface area contributed by atoms with Crippen LogP contribution in [0.25, 0.3) is 11.0 Å². The molecule has 1 atom stereocenters. The Kier molecular flexibility index (Phi) is 3.33. The van der Waals surface area contributed by atoms with Crippen molar-refractivity contribution in [1.29, 1.82) is 0 Å². The van der Waals surface area contributed by atoms with E-state index < -0.39 is 0 Å². The zero-order valence-corrected chi connectivity index (χ0v) is 11.4. The quantitative estimate of drug-likeness (QED) is 0.785. The number of hydrogen-bond acceptors (Lipinski definition) is 3. The van der Waals surface area contributed by atoms with Gasteiger partial charge < -0.3 is 0 Å². The molecule has 5 heteroatoms. The Labute approximate surface area is 106 Å². The lowest BCUT2D eigenvalue weighted by Gasteiger charge is -2.10. The van der Waals surface area contributed by atoms with E-state index in [4.69, 9.17) is 11.6 Å². The van der Waals surface area contributed by atoms with E-state index >= 15 is 0 Å². The largest absolute Gasteiger partial charge is 0.245 e. The first-order valence-corrected chi connectivity index (χ1v) is 6.33. The predicted octanol–water partition coefficient (Wildman–Crippen LogP) is 3.57. The van der Waals surface area contributed by atoms with Crippen LogP contribution in [0.5, 0.6) is 0 Å². The van der Waals surface area contributed by atoms with E-state index in [0.29, 0.717) is 11.1 Å². The summed E-state index contributed by atoms with van der Waals surface area (Å²) in [5, 5.41) is 5.64. The van der Waals surface area contributed by atoms with Crippen LogP contribution < -0.4 is 0 Å². The van der Waals surface area contributed by atoms with Gasteiger partial charge in [-0.15, -0.1) is 0 Å². The Hall–Kier alpha value is -1.16. The molecule has 2 aromatic heterocycles. The topological polar surface area (TPSA) is 43.6 Å². The third-order valence-electron chi connectivity index (χ3n) is 2.97. The van der Waals surface area contributed by atoms with Crippen LogP contribution in [0.3, 0.4) is 0 Å². The summed E-state index contributed by atoms with van der Waals surface area (Å²) in [5.41, 5.74) is 0.829. The van der Waals surface area contributed by atoms with Gasteiger partial charge in [0.25, 0.3) is 0 Å². The van der Waals surface area contributed by atoms with Gasteiger partial charge in [0.15, 0.2) is 5.65 Å². The maximum absolute atomic E-state index is 6.18. The second kappa shape index (κ2) is 4.61. The Bertz CT molecular complexity index is 533. The summed E-state index contributed by atoms with van der Waals surface area (Å²) in [5.74, 6) is 1.11. The van der Waals surface area contributed by atoms with Crippen LogP contribution in [0.1, 0.15) is 51.9 Å². The van der Waals surface area contributed by atoms with Crippen LogP contribution in [0.15, 0.2) is 6.20 Å². The van der Waals surface area contributed by atoms with Gasteiger partial charge in [-0.2, -0.15) is 5.10 Å². The van der Waals surface area contributed by atoms with Gasteiger partial charge in [-0.1, -0.05) is 25.4 Å². The number of aromatic nitrogens is 4. The van der Waals surface area contributed by atoms with Gasteiger partial charge in [0.05, 0.1) is 11.6 Å². The molecule has 1 unspecified atom stereocenters. The highest BCUT2D eigenvalue weighted by molar-refractivity contribution is 6.33. The molecule has 2 rings (SSSR count). The summed E-state index contributed by atoms with van der Waals surface area (Å²) in [6, 6.07) is 0.267. The van der Waals surface area contributed by atoms with E-state index in [1.807, 2.05) is 4.68 Å². The third kappa shape index (κ3) is 2.14. The second-order valence-electron chi connectivity index (χ2n) is 4.60. The van der Waals surface area contributed by atoms with Crippen LogP contribution >= 0.6 is 11.6 Å². The minimum Gasteiger partial charge on any atom is -0.245 e. The Balaban J connectivity index is 2.64. The van der Waals surface area contributed by atoms with Crippen molar-refractivity contribution in [2.75, 3.05) is 0 Å². The van der Waals surface area contributed by atoms with Crippen LogP contribution in [0.2, 0.25) is 5.15 Å². The lowest BCUT2D eigenvalue weighted by molar-refractivity contribution is 0.544. The van der Waals surface area contributed by atoms with Gasteiger partial charge in [0.2, 0.25) is 0 Å². The highest BCUT2D eigenvalue weighted by Gasteiger charge is 2.15. The Morgan fingerprint density at radius 3 is 2.59 bits per heavy atom. The summed E-state index contributed by atoms with van der Waals surface area (Å²) in [6.45, 7) is 8.37. The molecule has 0 bridgehead atoms. The zero-order chi connectivity index (χ0) is 12.6. The summed E-state index contributed by atoms with van der Waals surface area (Å²) in [7, 11) is 0. The number of nitrogens with zero attached hydrogens (tertiary/aromatic N) is 4. The molecule has 2 heterocycles. The molecule has 0 aliphatic carbocycles. The van der Waals surface area contributed by atoms with Gasteiger partial charge in [-0.25, -0.2) is 14.6 Å². The van der Waals surface area contributed by atoms with Crippen molar-refractivity contribution >= 4 is 22.6 Å². The molecule has 0 saturated carbocycles. The fraction of sp³-hybridized carbons (Fsp3) is 0.583. The minimum atomic E-state index is 0.267. The van der Waals surface area contributed by atoms with E-state index in [-0.39, 0.29) is 6.04 Å². The fourth-order valence-electron chi connectivity index (χ4n) is 1.69. The number of halogens is 1. The maximum atomic E-state index is 6.18. The predicted molar refractivity (Wildman–Crippen MR) is 69.4 cm³/mol. The molecular weight excluding hydrogens is 236 g/mol. The molecular formula is C12H17ClN4. The highest BCUT2D eigenvalue weighted by Crippen LogP contribution is 2.25. The Morgan fingerprint density at radius 2 is 2.00 bits per heavy atom. The van der Waals surface area contributed by atoms with E-state index in [1.165, 1.54) is 0 Å². The molecule has 0 aliphatic rings. The first-order valence-electron chi connectivity index (χ1n) is 5.95. The van der Waals surface area contributed by atoms with Crippen LogP contribution in [0, 0.1) is 0 Å². The van der Waals surface area contributed by atoms with Crippen LogP contribution in [-0.2, 0) is 0 Å². The van der Waals surface area contributed by atoms with Gasteiger partial charge in [-0.05, 0) is 20.3 Å². The molecule has 4 nitrogen and oxygen atoms in total. The average Bonchev–Trinajstić information content (AvgIpc) is 2.72. The van der Waals surface area contributed by atoms with Crippen molar-refractivity contribution in [2.45, 2.75) is 46.1 Å². The van der Waals surface area contributed by atoms with Crippen molar-refractivity contribution in [3.05, 3.63) is 17.2 Å². The van der Waals surface area contributed by atoms with Crippen LogP contribution in [-0.4, -0.2) is 19.7 Å². The van der Waals surface area contributed by atoms with Gasteiger partial charge >= 0.3 is 0 Å². The average molecular weight is 253 g/mol. The number of hydrogen-bond donors (Lipinski definition) is 0. The maximum Gasteiger partial charge on any atom is 0.163 e. The van der Waals surface area contributed by atoms with E-state index in [9.17, 15) is 0 Å². The van der Waals surface area contributed by atoms with Crippen molar-refractivity contribution in [1.82, 2.24) is 19.7 Å². The van der Waals surface area contributed by atoms with Crippen molar-refractivity contribution in [2.24, 2.45) is 0 Å². The van der Waals surface area contributed by atoms with Gasteiger partial charge in [0.1, 0.15) is 11.0 Å². The van der Waals surface area contributed by atoms with Gasteiger partial charge in [0, 0.05) is 12.0 Å². The first-order chi connectivity index (χ1) is 8.04. The van der Waals surface area contributed by atoms with E-state index in [2.05, 4.69) is 42.8 Å². The Morgan fingerprint density at radius 1 is 1.29 bits per heavy atom. The first kappa shape index (κ1) is 12.3. The molecule has 0 spiro atoms. The number of fused-ring (bicyclic) bond motifs is 1. The molecule has 17 heavy (non-hydrogen) atoms. The zero-order valence-electron chi connectivity index (χ0n) is 10.6. The molecule has 0 saturated heterocycles. The monoisotopic (exact) mass is 252 g/mol. The van der Waals surface area contributed by atoms with Crippen molar-refractivity contribution in [3.63, 3.8) is 0 Å². The second-order valence-corrected chi connectivity index (χ2v) is 4.96. The molecule has 2 aromatic rings. The summed E-state index contributed by atoms with van der Waals surface area (Å²) in [6.07, 6.45) is 2.73. The molecule has 0 aliphatic heterocycles. The molecule has 0 radical (unpaired) electrons. The standard InChI is InChI=1S/C12H17ClN4/c1-5-8(4)11-15-10(13)9-6-14-17(7(2)3)12(9)16-11/h6-8H,5H2,1-4H3. The summed E-state index contributed by atoms with van der Waals surface area (Å²) < 4.78 is 1.88. The number of rotatable bonds is 3. The lowest BCUT2D eigenvalue weighted by atomic mass is 10.1. The van der Waals surface area contributed by atoms with E-state index in [1.54, 1.807) is 6.20 Å². The fourth-order valence-corrected chi connectivity index (χ4v) is 1.91. The van der Waals surface area contributed by atoms with Crippen molar-refractivity contribution in [3.8, 4) is 0 Å². The SMILES string of the molecule is CCC(C)c1nc(Cl)c2cnn(C(C)C)c2n1. The van der Waals surface area contributed by atoms with Crippen LogP contribution in [0.4, 0.5) is 0 Å². The molecule has 0 N–H and O–H groups in total. The smallest absolute Gasteiger partial charge is 0.163 e. The normalized spacial score (nSPS) is 13.5. The molecule has 92 valence electrons. The highest BCUT2D eigenvalue weighted by atomic mass is 35.5. The molecule has 0 amide bonds. The third-order valence-corrected chi connectivity index (χ3v) is 3.25. The summed E-state index contributed by atoms with van der Waals surface area (Å²) >= 11 is 6.18. The minimum absolute atomic E-state index is 0.267.